The summed E-state index contributed by atoms with van der Waals surface area (Å²) in [6.07, 6.45) is 1.77. The van der Waals surface area contributed by atoms with Crippen LogP contribution in [-0.2, 0) is 13.6 Å². The molecule has 0 unspecified atom stereocenters. The van der Waals surface area contributed by atoms with E-state index in [9.17, 15) is 0 Å². The average molecular weight is 244 g/mol. The van der Waals surface area contributed by atoms with Gasteiger partial charge in [-0.05, 0) is 32.2 Å². The number of nitrogens with zero attached hydrogens (tertiary/aromatic N) is 2. The van der Waals surface area contributed by atoms with E-state index >= 15 is 0 Å². The second kappa shape index (κ2) is 4.73. The molecule has 1 aromatic rings. The molecule has 5 heteroatoms. The number of hydrogen-bond donors (Lipinski definition) is 2. The quantitative estimate of drug-likeness (QED) is 0.837. The summed E-state index contributed by atoms with van der Waals surface area (Å²) >= 11 is 6.12. The van der Waals surface area contributed by atoms with Gasteiger partial charge in [-0.2, -0.15) is 5.10 Å². The van der Waals surface area contributed by atoms with Gasteiger partial charge in [0.05, 0.1) is 11.8 Å². The maximum absolute atomic E-state index is 9.16. The highest BCUT2D eigenvalue weighted by atomic mass is 35.5. The number of nitrogens with one attached hydrogen (secondary N) is 1. The van der Waals surface area contributed by atoms with Gasteiger partial charge >= 0.3 is 0 Å². The van der Waals surface area contributed by atoms with Crippen molar-refractivity contribution in [3.05, 3.63) is 16.4 Å². The van der Waals surface area contributed by atoms with Crippen LogP contribution in [0.25, 0.3) is 0 Å². The van der Waals surface area contributed by atoms with Crippen LogP contribution in [0, 0.1) is 12.8 Å². The molecule has 0 bridgehead atoms. The molecule has 16 heavy (non-hydrogen) atoms. The summed E-state index contributed by atoms with van der Waals surface area (Å²) in [4.78, 5) is 0. The first kappa shape index (κ1) is 11.9. The monoisotopic (exact) mass is 243 g/mol. The van der Waals surface area contributed by atoms with Gasteiger partial charge in [-0.25, -0.2) is 0 Å². The van der Waals surface area contributed by atoms with E-state index in [4.69, 9.17) is 16.7 Å². The highest BCUT2D eigenvalue weighted by molar-refractivity contribution is 6.30. The van der Waals surface area contributed by atoms with Crippen LogP contribution in [0.1, 0.15) is 24.1 Å². The fraction of sp³-hybridized carbons (Fsp3) is 0.727. The normalized spacial score (nSPS) is 24.5. The topological polar surface area (TPSA) is 50.1 Å². The van der Waals surface area contributed by atoms with Gasteiger partial charge in [0.2, 0.25) is 0 Å². The average Bonchev–Trinajstić information content (AvgIpc) is 2.41. The lowest BCUT2D eigenvalue weighted by molar-refractivity contribution is 0.0429. The first-order valence-electron chi connectivity index (χ1n) is 5.64. The summed E-state index contributed by atoms with van der Waals surface area (Å²) in [5.41, 5.74) is 2.05. The standard InChI is InChI=1S/C11H18ClN3O/c1-7-10(11(12)15(2)14-7)6-13-5-8-3-9(16)4-8/h8-9,13,16H,3-6H2,1-2H3. The zero-order chi connectivity index (χ0) is 11.7. The molecule has 2 N–H and O–H groups in total. The Labute approximate surface area is 101 Å². The minimum atomic E-state index is -0.0736. The predicted octanol–water partition coefficient (Wildman–Crippen LogP) is 1.24. The van der Waals surface area contributed by atoms with E-state index in [0.29, 0.717) is 11.1 Å². The van der Waals surface area contributed by atoms with Crippen molar-refractivity contribution in [1.82, 2.24) is 15.1 Å². The Balaban J connectivity index is 1.81. The summed E-state index contributed by atoms with van der Waals surface area (Å²) in [6.45, 7) is 3.67. The molecule has 0 radical (unpaired) electrons. The predicted molar refractivity (Wildman–Crippen MR) is 63.4 cm³/mol. The first-order valence-corrected chi connectivity index (χ1v) is 6.02. The van der Waals surface area contributed by atoms with Crippen LogP contribution in [0.3, 0.4) is 0 Å². The lowest BCUT2D eigenvalue weighted by Gasteiger charge is -2.31. The van der Waals surface area contributed by atoms with Crippen molar-refractivity contribution in [2.24, 2.45) is 13.0 Å². The lowest BCUT2D eigenvalue weighted by atomic mass is 9.82. The zero-order valence-corrected chi connectivity index (χ0v) is 10.5. The number of aromatic nitrogens is 2. The Hall–Kier alpha value is -0.580. The molecule has 1 saturated carbocycles. The highest BCUT2D eigenvalue weighted by Crippen LogP contribution is 2.26. The Morgan fingerprint density at radius 2 is 2.25 bits per heavy atom. The van der Waals surface area contributed by atoms with Gasteiger partial charge in [-0.3, -0.25) is 4.68 Å². The van der Waals surface area contributed by atoms with Crippen LogP contribution in [0.5, 0.6) is 0 Å². The molecule has 0 spiro atoms. The van der Waals surface area contributed by atoms with Crippen molar-refractivity contribution >= 4 is 11.6 Å². The highest BCUT2D eigenvalue weighted by Gasteiger charge is 2.26. The van der Waals surface area contributed by atoms with Crippen LogP contribution >= 0.6 is 11.6 Å². The first-order chi connectivity index (χ1) is 7.58. The summed E-state index contributed by atoms with van der Waals surface area (Å²) in [6, 6.07) is 0. The van der Waals surface area contributed by atoms with Gasteiger partial charge < -0.3 is 10.4 Å². The fourth-order valence-corrected chi connectivity index (χ4v) is 2.38. The second-order valence-corrected chi connectivity index (χ2v) is 4.96. The van der Waals surface area contributed by atoms with Gasteiger partial charge in [-0.15, -0.1) is 0 Å². The molecule has 4 nitrogen and oxygen atoms in total. The summed E-state index contributed by atoms with van der Waals surface area (Å²) in [5, 5.41) is 17.5. The van der Waals surface area contributed by atoms with Crippen molar-refractivity contribution in [3.63, 3.8) is 0 Å². The summed E-state index contributed by atoms with van der Waals surface area (Å²) in [5.74, 6) is 0.616. The molecule has 0 amide bonds. The third kappa shape index (κ3) is 2.39. The second-order valence-electron chi connectivity index (χ2n) is 4.60. The third-order valence-electron chi connectivity index (χ3n) is 3.22. The van der Waals surface area contributed by atoms with Crippen molar-refractivity contribution in [3.8, 4) is 0 Å². The molecule has 1 heterocycles. The van der Waals surface area contributed by atoms with Crippen LogP contribution in [0.2, 0.25) is 5.15 Å². The molecule has 0 aromatic carbocycles. The summed E-state index contributed by atoms with van der Waals surface area (Å²) < 4.78 is 1.70. The Bertz CT molecular complexity index is 372. The Kier molecular flexibility index (Phi) is 3.52. The van der Waals surface area contributed by atoms with Crippen molar-refractivity contribution in [2.75, 3.05) is 6.54 Å². The maximum atomic E-state index is 9.16. The number of halogens is 1. The van der Waals surface area contributed by atoms with E-state index in [1.165, 1.54) is 0 Å². The SMILES string of the molecule is Cc1nn(C)c(Cl)c1CNCC1CC(O)C1. The Morgan fingerprint density at radius 3 is 2.75 bits per heavy atom. The minimum Gasteiger partial charge on any atom is -0.393 e. The van der Waals surface area contributed by atoms with Gasteiger partial charge in [0.1, 0.15) is 5.15 Å². The lowest BCUT2D eigenvalue weighted by Crippen LogP contribution is -2.35. The maximum Gasteiger partial charge on any atom is 0.131 e. The Morgan fingerprint density at radius 1 is 1.56 bits per heavy atom. The van der Waals surface area contributed by atoms with Gasteiger partial charge in [0.15, 0.2) is 0 Å². The fourth-order valence-electron chi connectivity index (χ4n) is 2.14. The van der Waals surface area contributed by atoms with E-state index in [1.807, 2.05) is 14.0 Å². The molecular formula is C11H18ClN3O. The molecule has 0 aliphatic heterocycles. The van der Waals surface area contributed by atoms with E-state index in [0.717, 1.165) is 37.2 Å². The number of hydrogen-bond acceptors (Lipinski definition) is 3. The zero-order valence-electron chi connectivity index (χ0n) is 9.70. The van der Waals surface area contributed by atoms with Gasteiger partial charge in [-0.1, -0.05) is 11.6 Å². The number of aliphatic hydroxyl groups excluding tert-OH is 1. The molecule has 0 saturated heterocycles. The molecule has 1 fully saturated rings. The van der Waals surface area contributed by atoms with Crippen LogP contribution < -0.4 is 5.32 Å². The number of aryl methyl sites for hydroxylation is 2. The summed E-state index contributed by atoms with van der Waals surface area (Å²) in [7, 11) is 1.85. The van der Waals surface area contributed by atoms with Crippen molar-refractivity contribution < 1.29 is 5.11 Å². The minimum absolute atomic E-state index is 0.0736. The molecular weight excluding hydrogens is 226 g/mol. The van der Waals surface area contributed by atoms with Crippen LogP contribution in [-0.4, -0.2) is 27.5 Å². The third-order valence-corrected chi connectivity index (χ3v) is 3.69. The molecule has 0 atom stereocenters. The van der Waals surface area contributed by atoms with Gasteiger partial charge in [0, 0.05) is 19.2 Å². The van der Waals surface area contributed by atoms with Crippen molar-refractivity contribution in [2.45, 2.75) is 32.4 Å². The van der Waals surface area contributed by atoms with E-state index in [1.54, 1.807) is 4.68 Å². The molecule has 1 aliphatic rings. The van der Waals surface area contributed by atoms with E-state index in [-0.39, 0.29) is 6.10 Å². The van der Waals surface area contributed by atoms with E-state index < -0.39 is 0 Å². The molecule has 1 aliphatic carbocycles. The number of aliphatic hydroxyl groups is 1. The number of rotatable bonds is 4. The van der Waals surface area contributed by atoms with Gasteiger partial charge in [0.25, 0.3) is 0 Å². The van der Waals surface area contributed by atoms with Crippen LogP contribution in [0.15, 0.2) is 0 Å². The smallest absolute Gasteiger partial charge is 0.131 e. The van der Waals surface area contributed by atoms with E-state index in [2.05, 4.69) is 10.4 Å². The van der Waals surface area contributed by atoms with Crippen molar-refractivity contribution in [1.29, 1.82) is 0 Å². The molecule has 2 rings (SSSR count). The molecule has 90 valence electrons. The largest absolute Gasteiger partial charge is 0.393 e. The molecule has 1 aromatic heterocycles. The van der Waals surface area contributed by atoms with Crippen LogP contribution in [0.4, 0.5) is 0 Å².